The zero-order valence-corrected chi connectivity index (χ0v) is 22.9. The first-order valence-electron chi connectivity index (χ1n) is 13.6. The lowest BCUT2D eigenvalue weighted by Crippen LogP contribution is -2.32. The summed E-state index contributed by atoms with van der Waals surface area (Å²) in [4.78, 5) is 27.8. The van der Waals surface area contributed by atoms with E-state index in [2.05, 4.69) is 4.90 Å². The van der Waals surface area contributed by atoms with E-state index < -0.39 is 6.10 Å². The number of aryl methyl sites for hydroxylation is 1. The topological polar surface area (TPSA) is 76.1 Å². The van der Waals surface area contributed by atoms with Gasteiger partial charge in [-0.3, -0.25) is 9.59 Å². The summed E-state index contributed by atoms with van der Waals surface area (Å²) in [5.74, 6) is 1.67. The number of aliphatic hydroxyl groups excluding tert-OH is 1. The first-order valence-corrected chi connectivity index (χ1v) is 13.6. The molecule has 202 valence electrons. The van der Waals surface area contributed by atoms with Crippen LogP contribution in [0.5, 0.6) is 11.5 Å². The van der Waals surface area contributed by atoms with Crippen LogP contribution in [0, 0.1) is 18.8 Å². The highest BCUT2D eigenvalue weighted by atomic mass is 16.5. The number of ether oxygens (including phenoxy) is 2. The number of methoxy groups -OCH3 is 2. The highest BCUT2D eigenvalue weighted by Crippen LogP contribution is 2.32. The number of rotatable bonds is 15. The van der Waals surface area contributed by atoms with E-state index in [1.54, 1.807) is 38.5 Å². The van der Waals surface area contributed by atoms with Crippen molar-refractivity contribution in [2.75, 3.05) is 33.9 Å². The molecule has 37 heavy (non-hydrogen) atoms. The number of unbranched alkanes of at least 4 members (excludes halogenated alkanes) is 1. The molecular weight excluding hydrogens is 466 g/mol. The molecule has 6 nitrogen and oxygen atoms in total. The van der Waals surface area contributed by atoms with E-state index in [4.69, 9.17) is 9.47 Å². The Morgan fingerprint density at radius 2 is 1.65 bits per heavy atom. The molecule has 2 aromatic carbocycles. The van der Waals surface area contributed by atoms with E-state index in [-0.39, 0.29) is 23.4 Å². The zero-order valence-electron chi connectivity index (χ0n) is 22.9. The zero-order chi connectivity index (χ0) is 26.8. The molecule has 1 heterocycles. The number of benzene rings is 2. The lowest BCUT2D eigenvalue weighted by molar-refractivity contribution is -0.123. The fourth-order valence-electron chi connectivity index (χ4n) is 5.30. The monoisotopic (exact) mass is 509 g/mol. The second kappa shape index (κ2) is 14.3. The summed E-state index contributed by atoms with van der Waals surface area (Å²) in [5.41, 5.74) is 2.54. The van der Waals surface area contributed by atoms with Crippen molar-refractivity contribution in [2.24, 2.45) is 11.8 Å². The molecule has 1 N–H and O–H groups in total. The number of carbonyl (C=O) groups is 2. The molecular formula is C31H43NO5. The van der Waals surface area contributed by atoms with Gasteiger partial charge < -0.3 is 19.5 Å². The number of hydrogen-bond acceptors (Lipinski definition) is 6. The number of carbonyl (C=O) groups excluding carboxylic acids is 2. The molecule has 1 unspecified atom stereocenters. The van der Waals surface area contributed by atoms with Crippen LogP contribution in [0.2, 0.25) is 0 Å². The minimum Gasteiger partial charge on any atom is -0.497 e. The van der Waals surface area contributed by atoms with Crippen LogP contribution in [0.15, 0.2) is 42.5 Å². The van der Waals surface area contributed by atoms with E-state index in [0.29, 0.717) is 37.7 Å². The first kappa shape index (κ1) is 28.9. The van der Waals surface area contributed by atoms with Gasteiger partial charge in [0, 0.05) is 36.8 Å². The van der Waals surface area contributed by atoms with Crippen LogP contribution in [0.25, 0.3) is 0 Å². The smallest absolute Gasteiger partial charge is 0.162 e. The molecule has 0 radical (unpaired) electrons. The summed E-state index contributed by atoms with van der Waals surface area (Å²) in [6, 6.07) is 13.0. The van der Waals surface area contributed by atoms with Gasteiger partial charge in [-0.05, 0) is 99.6 Å². The average molecular weight is 510 g/mol. The Hall–Kier alpha value is -2.70. The molecule has 0 bridgehead atoms. The Kier molecular flexibility index (Phi) is 11.2. The first-order chi connectivity index (χ1) is 17.8. The van der Waals surface area contributed by atoms with Crippen LogP contribution in [-0.4, -0.2) is 55.4 Å². The number of Topliss-reactive ketones (excluding diaryl/α,β-unsaturated/α-hetero) is 2. The molecule has 3 rings (SSSR count). The molecule has 0 amide bonds. The Morgan fingerprint density at radius 3 is 2.27 bits per heavy atom. The Bertz CT molecular complexity index is 1010. The van der Waals surface area contributed by atoms with Crippen molar-refractivity contribution in [3.8, 4) is 11.5 Å². The van der Waals surface area contributed by atoms with Gasteiger partial charge in [-0.15, -0.1) is 0 Å². The van der Waals surface area contributed by atoms with Gasteiger partial charge in [0.25, 0.3) is 0 Å². The van der Waals surface area contributed by atoms with Crippen LogP contribution in [0.1, 0.15) is 79.5 Å². The van der Waals surface area contributed by atoms with E-state index in [9.17, 15) is 14.7 Å². The summed E-state index contributed by atoms with van der Waals surface area (Å²) in [7, 11) is 3.25. The van der Waals surface area contributed by atoms with Crippen molar-refractivity contribution in [3.63, 3.8) is 0 Å². The van der Waals surface area contributed by atoms with Crippen LogP contribution in [-0.2, 0) is 4.79 Å². The molecule has 1 saturated heterocycles. The fraction of sp³-hybridized carbons (Fsp3) is 0.548. The molecule has 1 aliphatic rings. The lowest BCUT2D eigenvalue weighted by atomic mass is 9.84. The normalized spacial score (nSPS) is 16.2. The molecule has 6 heteroatoms. The van der Waals surface area contributed by atoms with E-state index in [1.807, 2.05) is 32.0 Å². The summed E-state index contributed by atoms with van der Waals surface area (Å²) in [5, 5.41) is 11.4. The predicted octanol–water partition coefficient (Wildman–Crippen LogP) is 5.80. The van der Waals surface area contributed by atoms with Crippen LogP contribution in [0.3, 0.4) is 0 Å². The van der Waals surface area contributed by atoms with Gasteiger partial charge in [-0.2, -0.15) is 0 Å². The fourth-order valence-corrected chi connectivity index (χ4v) is 5.30. The maximum absolute atomic E-state index is 13.0. The average Bonchev–Trinajstić information content (AvgIpc) is 3.43. The lowest BCUT2D eigenvalue weighted by Gasteiger charge is -2.30. The number of ketones is 2. The van der Waals surface area contributed by atoms with E-state index >= 15 is 0 Å². The second-order valence-electron chi connectivity index (χ2n) is 10.4. The third-order valence-electron chi connectivity index (χ3n) is 7.59. The van der Waals surface area contributed by atoms with Gasteiger partial charge in [0.15, 0.2) is 5.78 Å². The van der Waals surface area contributed by atoms with Crippen molar-refractivity contribution in [1.29, 1.82) is 0 Å². The van der Waals surface area contributed by atoms with Gasteiger partial charge >= 0.3 is 0 Å². The maximum Gasteiger partial charge on any atom is 0.162 e. The predicted molar refractivity (Wildman–Crippen MR) is 146 cm³/mol. The molecule has 0 aliphatic carbocycles. The molecule has 0 aromatic heterocycles. The van der Waals surface area contributed by atoms with Gasteiger partial charge in [-0.25, -0.2) is 0 Å². The molecule has 3 atom stereocenters. The van der Waals surface area contributed by atoms with Crippen LogP contribution in [0.4, 0.5) is 0 Å². The maximum atomic E-state index is 13.0. The molecule has 1 fully saturated rings. The van der Waals surface area contributed by atoms with Crippen molar-refractivity contribution in [2.45, 2.75) is 64.9 Å². The summed E-state index contributed by atoms with van der Waals surface area (Å²) < 4.78 is 10.5. The van der Waals surface area contributed by atoms with Crippen molar-refractivity contribution in [1.82, 2.24) is 4.90 Å². The third kappa shape index (κ3) is 8.41. The SMILES string of the molecule is COc1ccc(C(=O)CCCCC(=O)C(C)C[C@H](CN2CCCC2)[C@H](O)c2ccc(OC)c(C)c2)cc1. The molecule has 2 aromatic rings. The second-order valence-corrected chi connectivity index (χ2v) is 10.4. The summed E-state index contributed by atoms with van der Waals surface area (Å²) in [6.07, 6.45) is 4.67. The standard InChI is InChI=1S/C31H43NO5/c1-22(28(33)9-5-6-10-29(34)24-11-14-27(36-3)15-12-24)19-26(21-32-17-7-8-18-32)31(35)25-13-16-30(37-4)23(2)20-25/h11-16,20,22,26,31,35H,5-10,17-19,21H2,1-4H3/t22?,26-,31-/m1/s1. The number of aliphatic hydroxyl groups is 1. The van der Waals surface area contributed by atoms with Crippen molar-refractivity contribution < 1.29 is 24.2 Å². The number of hydrogen-bond donors (Lipinski definition) is 1. The van der Waals surface area contributed by atoms with E-state index in [0.717, 1.165) is 42.3 Å². The van der Waals surface area contributed by atoms with Gasteiger partial charge in [0.2, 0.25) is 0 Å². The molecule has 1 aliphatic heterocycles. The Balaban J connectivity index is 1.53. The van der Waals surface area contributed by atoms with Crippen LogP contribution >= 0.6 is 0 Å². The van der Waals surface area contributed by atoms with E-state index in [1.165, 1.54) is 12.8 Å². The van der Waals surface area contributed by atoms with Gasteiger partial charge in [-0.1, -0.05) is 13.0 Å². The molecule has 0 saturated carbocycles. The molecule has 0 spiro atoms. The van der Waals surface area contributed by atoms with Crippen molar-refractivity contribution >= 4 is 11.6 Å². The van der Waals surface area contributed by atoms with Crippen molar-refractivity contribution in [3.05, 3.63) is 59.2 Å². The minimum atomic E-state index is -0.637. The number of nitrogens with zero attached hydrogens (tertiary/aromatic N) is 1. The van der Waals surface area contributed by atoms with Gasteiger partial charge in [0.1, 0.15) is 17.3 Å². The Morgan fingerprint density at radius 1 is 0.973 bits per heavy atom. The van der Waals surface area contributed by atoms with Crippen LogP contribution < -0.4 is 9.47 Å². The highest BCUT2D eigenvalue weighted by Gasteiger charge is 2.29. The summed E-state index contributed by atoms with van der Waals surface area (Å²) in [6.45, 7) is 6.86. The third-order valence-corrected chi connectivity index (χ3v) is 7.59. The Labute approximate surface area is 222 Å². The quantitative estimate of drug-likeness (QED) is 0.242. The van der Waals surface area contributed by atoms with Gasteiger partial charge in [0.05, 0.1) is 20.3 Å². The largest absolute Gasteiger partial charge is 0.497 e. The minimum absolute atomic E-state index is 0.0264. The summed E-state index contributed by atoms with van der Waals surface area (Å²) >= 11 is 0. The highest BCUT2D eigenvalue weighted by molar-refractivity contribution is 5.96. The number of likely N-dealkylation sites (tertiary alicyclic amines) is 1.